The maximum Gasteiger partial charge on any atom is 0.290 e. The van der Waals surface area contributed by atoms with Crippen molar-refractivity contribution in [3.63, 3.8) is 0 Å². The first-order valence-corrected chi connectivity index (χ1v) is 7.15. The van der Waals surface area contributed by atoms with Gasteiger partial charge >= 0.3 is 0 Å². The number of carbonyl (C=O) groups is 2. The number of likely N-dealkylation sites (N-methyl/N-ethyl adjacent to an activating group) is 1. The summed E-state index contributed by atoms with van der Waals surface area (Å²) in [5, 5.41) is 15.7. The lowest BCUT2D eigenvalue weighted by molar-refractivity contribution is -0.122. The maximum absolute atomic E-state index is 12.6. The van der Waals surface area contributed by atoms with Gasteiger partial charge in [-0.3, -0.25) is 9.59 Å². The van der Waals surface area contributed by atoms with Gasteiger partial charge in [-0.25, -0.2) is 0 Å². The van der Waals surface area contributed by atoms with Crippen molar-refractivity contribution in [2.45, 2.75) is 6.04 Å². The number of morpholine rings is 1. The summed E-state index contributed by atoms with van der Waals surface area (Å²) in [6.07, 6.45) is 0. The zero-order chi connectivity index (χ0) is 17.2. The van der Waals surface area contributed by atoms with Gasteiger partial charge in [0.25, 0.3) is 12.4 Å². The smallest absolute Gasteiger partial charge is 0.290 e. The quantitative estimate of drug-likeness (QED) is 0.823. The Hall–Kier alpha value is -2.43. The number of nitriles is 1. The van der Waals surface area contributed by atoms with Crippen LogP contribution >= 0.6 is 0 Å². The molecule has 1 amide bonds. The van der Waals surface area contributed by atoms with Crippen molar-refractivity contribution in [1.29, 1.82) is 5.26 Å². The first kappa shape index (κ1) is 18.6. The molecule has 0 aromatic heterocycles. The second-order valence-corrected chi connectivity index (χ2v) is 5.28. The molecule has 1 aromatic rings. The fourth-order valence-corrected chi connectivity index (χ4v) is 2.35. The Bertz CT molecular complexity index is 551. The molecule has 1 N–H and O–H groups in total. The highest BCUT2D eigenvalue weighted by atomic mass is 16.5. The highest BCUT2D eigenvalue weighted by Gasteiger charge is 2.28. The first-order chi connectivity index (χ1) is 11.0. The highest BCUT2D eigenvalue weighted by Crippen LogP contribution is 2.14. The standard InChI is InChI=1S/C15H19N3O2.CH2O2/c1-17(2)10-14-11-20-8-7-18(14)15(19)13-5-3-12(9-16)4-6-13;2-1-3/h3-6,14H,7-8,10-11H2,1-2H3;1H,(H,2,3). The Balaban J connectivity index is 0.000000816. The third-order valence-corrected chi connectivity index (χ3v) is 3.33. The van der Waals surface area contributed by atoms with E-state index >= 15 is 0 Å². The van der Waals surface area contributed by atoms with E-state index in [9.17, 15) is 4.79 Å². The summed E-state index contributed by atoms with van der Waals surface area (Å²) in [5.74, 6) is 0.00430. The van der Waals surface area contributed by atoms with E-state index in [0.717, 1.165) is 6.54 Å². The van der Waals surface area contributed by atoms with E-state index in [0.29, 0.717) is 30.9 Å². The average molecular weight is 319 g/mol. The number of ether oxygens (including phenoxy) is 1. The van der Waals surface area contributed by atoms with Crippen LogP contribution in [0.1, 0.15) is 15.9 Å². The maximum atomic E-state index is 12.6. The van der Waals surface area contributed by atoms with Gasteiger partial charge in [0.05, 0.1) is 30.9 Å². The van der Waals surface area contributed by atoms with Crippen LogP contribution in [-0.2, 0) is 9.53 Å². The summed E-state index contributed by atoms with van der Waals surface area (Å²) in [7, 11) is 3.97. The van der Waals surface area contributed by atoms with Gasteiger partial charge in [-0.2, -0.15) is 5.26 Å². The number of amides is 1. The van der Waals surface area contributed by atoms with Crippen molar-refractivity contribution < 1.29 is 19.4 Å². The predicted octanol–water partition coefficient (Wildman–Crippen LogP) is 0.662. The molecule has 0 radical (unpaired) electrons. The Kier molecular flexibility index (Phi) is 7.74. The van der Waals surface area contributed by atoms with Crippen LogP contribution in [0.25, 0.3) is 0 Å². The van der Waals surface area contributed by atoms with Crippen molar-refractivity contribution in [2.24, 2.45) is 0 Å². The molecule has 7 nitrogen and oxygen atoms in total. The molecule has 1 unspecified atom stereocenters. The number of carboxylic acid groups (broad SMARTS) is 1. The fraction of sp³-hybridized carbons (Fsp3) is 0.438. The van der Waals surface area contributed by atoms with E-state index in [1.165, 1.54) is 0 Å². The molecular formula is C16H21N3O4. The highest BCUT2D eigenvalue weighted by molar-refractivity contribution is 5.94. The molecule has 1 saturated heterocycles. The molecule has 7 heteroatoms. The van der Waals surface area contributed by atoms with Crippen molar-refractivity contribution >= 4 is 12.4 Å². The molecule has 0 saturated carbocycles. The number of rotatable bonds is 3. The molecule has 2 rings (SSSR count). The van der Waals surface area contributed by atoms with E-state index in [1.807, 2.05) is 19.0 Å². The lowest BCUT2D eigenvalue weighted by atomic mass is 10.1. The molecule has 1 fully saturated rings. The molecular weight excluding hydrogens is 298 g/mol. The van der Waals surface area contributed by atoms with Crippen LogP contribution in [-0.4, -0.2) is 73.7 Å². The minimum atomic E-state index is -0.250. The minimum absolute atomic E-state index is 0.00430. The van der Waals surface area contributed by atoms with E-state index in [2.05, 4.69) is 11.0 Å². The van der Waals surface area contributed by atoms with Gasteiger partial charge in [-0.1, -0.05) is 0 Å². The first-order valence-electron chi connectivity index (χ1n) is 7.15. The number of nitrogens with zero attached hydrogens (tertiary/aromatic N) is 3. The molecule has 23 heavy (non-hydrogen) atoms. The zero-order valence-electron chi connectivity index (χ0n) is 13.3. The summed E-state index contributed by atoms with van der Waals surface area (Å²) in [4.78, 5) is 24.8. The van der Waals surface area contributed by atoms with Gasteiger partial charge in [-0.15, -0.1) is 0 Å². The second kappa shape index (κ2) is 9.56. The SMILES string of the molecule is CN(C)CC1COCCN1C(=O)c1ccc(C#N)cc1.O=CO. The summed E-state index contributed by atoms with van der Waals surface area (Å²) < 4.78 is 5.47. The van der Waals surface area contributed by atoms with Gasteiger partial charge in [-0.05, 0) is 38.4 Å². The summed E-state index contributed by atoms with van der Waals surface area (Å²) >= 11 is 0. The number of hydrogen-bond donors (Lipinski definition) is 1. The van der Waals surface area contributed by atoms with Crippen LogP contribution in [0, 0.1) is 11.3 Å². The molecule has 0 aliphatic carbocycles. The number of carbonyl (C=O) groups excluding carboxylic acids is 1. The normalized spacial score (nSPS) is 17.0. The monoisotopic (exact) mass is 319 g/mol. The van der Waals surface area contributed by atoms with Crippen LogP contribution < -0.4 is 0 Å². The van der Waals surface area contributed by atoms with Gasteiger partial charge < -0.3 is 19.6 Å². The van der Waals surface area contributed by atoms with Crippen LogP contribution in [0.3, 0.4) is 0 Å². The van der Waals surface area contributed by atoms with E-state index in [1.54, 1.807) is 24.3 Å². The van der Waals surface area contributed by atoms with Crippen molar-refractivity contribution in [2.75, 3.05) is 40.4 Å². The van der Waals surface area contributed by atoms with E-state index < -0.39 is 0 Å². The van der Waals surface area contributed by atoms with Crippen LogP contribution in [0.15, 0.2) is 24.3 Å². The van der Waals surface area contributed by atoms with Crippen LogP contribution in [0.4, 0.5) is 0 Å². The van der Waals surface area contributed by atoms with Crippen molar-refractivity contribution in [1.82, 2.24) is 9.80 Å². The Morgan fingerprint density at radius 1 is 1.48 bits per heavy atom. The predicted molar refractivity (Wildman–Crippen MR) is 84.0 cm³/mol. The molecule has 0 spiro atoms. The molecule has 1 heterocycles. The number of benzene rings is 1. The summed E-state index contributed by atoms with van der Waals surface area (Å²) in [5.41, 5.74) is 1.18. The number of hydrogen-bond acceptors (Lipinski definition) is 5. The molecule has 1 aromatic carbocycles. The van der Waals surface area contributed by atoms with Crippen LogP contribution in [0.5, 0.6) is 0 Å². The summed E-state index contributed by atoms with van der Waals surface area (Å²) in [6.45, 7) is 2.28. The van der Waals surface area contributed by atoms with E-state index in [-0.39, 0.29) is 18.4 Å². The van der Waals surface area contributed by atoms with Gasteiger partial charge in [0.2, 0.25) is 0 Å². The lowest BCUT2D eigenvalue weighted by Gasteiger charge is -2.37. The molecule has 1 aliphatic heterocycles. The molecule has 124 valence electrons. The lowest BCUT2D eigenvalue weighted by Crippen LogP contribution is -2.52. The van der Waals surface area contributed by atoms with E-state index in [4.69, 9.17) is 19.9 Å². The average Bonchev–Trinajstić information content (AvgIpc) is 2.55. The minimum Gasteiger partial charge on any atom is -0.483 e. The van der Waals surface area contributed by atoms with Gasteiger partial charge in [0.15, 0.2) is 0 Å². The molecule has 1 atom stereocenters. The van der Waals surface area contributed by atoms with Crippen LogP contribution in [0.2, 0.25) is 0 Å². The zero-order valence-corrected chi connectivity index (χ0v) is 13.3. The van der Waals surface area contributed by atoms with Gasteiger partial charge in [0.1, 0.15) is 0 Å². The van der Waals surface area contributed by atoms with Crippen molar-refractivity contribution in [3.8, 4) is 6.07 Å². The second-order valence-electron chi connectivity index (χ2n) is 5.28. The largest absolute Gasteiger partial charge is 0.483 e. The molecule has 0 bridgehead atoms. The topological polar surface area (TPSA) is 93.9 Å². The Labute approximate surface area is 135 Å². The third kappa shape index (κ3) is 5.70. The summed E-state index contributed by atoms with van der Waals surface area (Å²) in [6, 6.07) is 8.90. The Morgan fingerprint density at radius 3 is 2.61 bits per heavy atom. The fourth-order valence-electron chi connectivity index (χ4n) is 2.35. The van der Waals surface area contributed by atoms with Gasteiger partial charge in [0, 0.05) is 18.7 Å². The Morgan fingerprint density at radius 2 is 2.09 bits per heavy atom. The van der Waals surface area contributed by atoms with Crippen molar-refractivity contribution in [3.05, 3.63) is 35.4 Å². The molecule has 1 aliphatic rings. The third-order valence-electron chi connectivity index (χ3n) is 3.33.